The Hall–Kier alpha value is -1.97. The quantitative estimate of drug-likeness (QED) is 0.786. The van der Waals surface area contributed by atoms with Crippen LogP contribution in [0.25, 0.3) is 11.0 Å². The number of ether oxygens (including phenoxy) is 1. The fourth-order valence-electron chi connectivity index (χ4n) is 2.16. The summed E-state index contributed by atoms with van der Waals surface area (Å²) >= 11 is 5.84. The molecule has 0 amide bonds. The van der Waals surface area contributed by atoms with Gasteiger partial charge in [-0.2, -0.15) is 0 Å². The number of benzene rings is 2. The number of para-hydroxylation sites is 1. The van der Waals surface area contributed by atoms with Crippen molar-refractivity contribution in [3.05, 3.63) is 64.9 Å². The molecule has 3 aromatic rings. The van der Waals surface area contributed by atoms with Gasteiger partial charge in [0.25, 0.3) is 0 Å². The minimum Gasteiger partial charge on any atom is -0.493 e. The largest absolute Gasteiger partial charge is 0.493 e. The van der Waals surface area contributed by atoms with Gasteiger partial charge in [-0.15, -0.1) is 0 Å². The zero-order valence-electron chi connectivity index (χ0n) is 10.8. The molecule has 0 unspecified atom stereocenters. The molecule has 1 aromatic heterocycles. The van der Waals surface area contributed by atoms with Crippen LogP contribution in [0.5, 0.6) is 5.75 Å². The van der Waals surface area contributed by atoms with E-state index in [0.717, 1.165) is 10.9 Å². The number of hydrogen-bond donors (Lipinski definition) is 1. The maximum Gasteiger partial charge on any atom is 0.176 e. The van der Waals surface area contributed by atoms with Crippen molar-refractivity contribution in [3.8, 4) is 5.75 Å². The lowest BCUT2D eigenvalue weighted by atomic mass is 10.1. The van der Waals surface area contributed by atoms with E-state index in [4.69, 9.17) is 20.8 Å². The van der Waals surface area contributed by atoms with Gasteiger partial charge in [-0.1, -0.05) is 35.9 Å². The predicted molar refractivity (Wildman–Crippen MR) is 78.3 cm³/mol. The van der Waals surface area contributed by atoms with E-state index in [1.54, 1.807) is 31.4 Å². The molecule has 20 heavy (non-hydrogen) atoms. The summed E-state index contributed by atoms with van der Waals surface area (Å²) in [5.41, 5.74) is 1.37. The Balaban J connectivity index is 2.03. The smallest absolute Gasteiger partial charge is 0.176 e. The molecule has 1 atom stereocenters. The van der Waals surface area contributed by atoms with Crippen LogP contribution < -0.4 is 4.74 Å². The highest BCUT2D eigenvalue weighted by Gasteiger charge is 2.17. The second-order valence-electron chi connectivity index (χ2n) is 4.48. The van der Waals surface area contributed by atoms with Crippen LogP contribution in [0.1, 0.15) is 17.4 Å². The molecule has 0 saturated heterocycles. The summed E-state index contributed by atoms with van der Waals surface area (Å²) in [4.78, 5) is 0. The van der Waals surface area contributed by atoms with E-state index >= 15 is 0 Å². The normalized spacial score (nSPS) is 12.6. The first-order valence-corrected chi connectivity index (χ1v) is 6.57. The zero-order valence-corrected chi connectivity index (χ0v) is 11.6. The summed E-state index contributed by atoms with van der Waals surface area (Å²) in [6, 6.07) is 14.5. The molecular weight excluding hydrogens is 276 g/mol. The predicted octanol–water partition coefficient (Wildman–Crippen LogP) is 4.18. The van der Waals surface area contributed by atoms with Crippen LogP contribution in [0, 0.1) is 0 Å². The van der Waals surface area contributed by atoms with Gasteiger partial charge in [0.05, 0.1) is 7.11 Å². The number of furan rings is 1. The Morgan fingerprint density at radius 1 is 1.15 bits per heavy atom. The summed E-state index contributed by atoms with van der Waals surface area (Å²) in [6.45, 7) is 0. The Labute approximate surface area is 121 Å². The average Bonchev–Trinajstić information content (AvgIpc) is 2.91. The lowest BCUT2D eigenvalue weighted by Crippen LogP contribution is -1.97. The van der Waals surface area contributed by atoms with Crippen LogP contribution in [0.3, 0.4) is 0 Å². The summed E-state index contributed by atoms with van der Waals surface area (Å²) in [5, 5.41) is 11.9. The lowest BCUT2D eigenvalue weighted by Gasteiger charge is -2.07. The number of aliphatic hydroxyl groups is 1. The standard InChI is InChI=1S/C16H13ClO3/c1-19-13-4-2-3-11-9-14(20-16(11)13)15(18)10-5-7-12(17)8-6-10/h2-9,15,18H,1H3/t15-/m1/s1. The van der Waals surface area contributed by atoms with E-state index in [9.17, 15) is 5.11 Å². The Morgan fingerprint density at radius 2 is 1.90 bits per heavy atom. The summed E-state index contributed by atoms with van der Waals surface area (Å²) < 4.78 is 11.0. The molecule has 0 aliphatic rings. The molecule has 0 bridgehead atoms. The lowest BCUT2D eigenvalue weighted by molar-refractivity contribution is 0.192. The highest BCUT2D eigenvalue weighted by molar-refractivity contribution is 6.30. The number of halogens is 1. The molecule has 4 heteroatoms. The third kappa shape index (κ3) is 2.26. The minimum absolute atomic E-state index is 0.479. The van der Waals surface area contributed by atoms with Crippen molar-refractivity contribution in [2.45, 2.75) is 6.10 Å². The van der Waals surface area contributed by atoms with Gasteiger partial charge in [0.2, 0.25) is 0 Å². The molecule has 0 spiro atoms. The number of fused-ring (bicyclic) bond motifs is 1. The Bertz CT molecular complexity index is 731. The van der Waals surface area contributed by atoms with Gasteiger partial charge in [-0.3, -0.25) is 0 Å². The van der Waals surface area contributed by atoms with Gasteiger partial charge in [-0.05, 0) is 29.8 Å². The van der Waals surface area contributed by atoms with Gasteiger partial charge in [0.15, 0.2) is 11.3 Å². The molecule has 3 nitrogen and oxygen atoms in total. The van der Waals surface area contributed by atoms with Crippen LogP contribution in [0.4, 0.5) is 0 Å². The van der Waals surface area contributed by atoms with Crippen molar-refractivity contribution in [1.82, 2.24) is 0 Å². The van der Waals surface area contributed by atoms with Crippen molar-refractivity contribution in [3.63, 3.8) is 0 Å². The van der Waals surface area contributed by atoms with E-state index in [2.05, 4.69) is 0 Å². The summed E-state index contributed by atoms with van der Waals surface area (Å²) in [5.74, 6) is 1.13. The molecule has 0 aliphatic carbocycles. The van der Waals surface area contributed by atoms with E-state index in [1.807, 2.05) is 24.3 Å². The second-order valence-corrected chi connectivity index (χ2v) is 4.92. The maximum absolute atomic E-state index is 10.4. The highest BCUT2D eigenvalue weighted by Crippen LogP contribution is 2.33. The van der Waals surface area contributed by atoms with Crippen LogP contribution in [-0.2, 0) is 0 Å². The molecule has 1 N–H and O–H groups in total. The molecule has 2 aromatic carbocycles. The van der Waals surface area contributed by atoms with Crippen LogP contribution in [0.2, 0.25) is 5.02 Å². The van der Waals surface area contributed by atoms with E-state index in [0.29, 0.717) is 22.1 Å². The number of rotatable bonds is 3. The van der Waals surface area contributed by atoms with Crippen molar-refractivity contribution < 1.29 is 14.3 Å². The van der Waals surface area contributed by atoms with Crippen molar-refractivity contribution in [2.75, 3.05) is 7.11 Å². The van der Waals surface area contributed by atoms with Gasteiger partial charge < -0.3 is 14.3 Å². The monoisotopic (exact) mass is 288 g/mol. The third-order valence-electron chi connectivity index (χ3n) is 3.20. The molecular formula is C16H13ClO3. The summed E-state index contributed by atoms with van der Waals surface area (Å²) in [7, 11) is 1.59. The highest BCUT2D eigenvalue weighted by atomic mass is 35.5. The topological polar surface area (TPSA) is 42.6 Å². The molecule has 0 saturated carbocycles. The number of hydrogen-bond acceptors (Lipinski definition) is 3. The van der Waals surface area contributed by atoms with E-state index < -0.39 is 6.10 Å². The van der Waals surface area contributed by atoms with Gasteiger partial charge >= 0.3 is 0 Å². The Morgan fingerprint density at radius 3 is 2.60 bits per heavy atom. The summed E-state index contributed by atoms with van der Waals surface area (Å²) in [6.07, 6.45) is -0.829. The molecule has 0 aliphatic heterocycles. The molecule has 1 heterocycles. The number of aliphatic hydroxyl groups excluding tert-OH is 1. The number of methoxy groups -OCH3 is 1. The van der Waals surface area contributed by atoms with Crippen LogP contribution >= 0.6 is 11.6 Å². The zero-order chi connectivity index (χ0) is 14.1. The van der Waals surface area contributed by atoms with E-state index in [-0.39, 0.29) is 0 Å². The second kappa shape index (κ2) is 5.19. The van der Waals surface area contributed by atoms with Gasteiger partial charge in [0, 0.05) is 10.4 Å². The first kappa shape index (κ1) is 13.0. The average molecular weight is 289 g/mol. The van der Waals surface area contributed by atoms with Gasteiger partial charge in [0.1, 0.15) is 11.9 Å². The molecule has 3 rings (SSSR count). The molecule has 0 radical (unpaired) electrons. The maximum atomic E-state index is 10.4. The van der Waals surface area contributed by atoms with E-state index in [1.165, 1.54) is 0 Å². The third-order valence-corrected chi connectivity index (χ3v) is 3.45. The molecule has 0 fully saturated rings. The van der Waals surface area contributed by atoms with Gasteiger partial charge in [-0.25, -0.2) is 0 Å². The minimum atomic E-state index is -0.829. The molecule has 102 valence electrons. The van der Waals surface area contributed by atoms with Crippen LogP contribution in [0.15, 0.2) is 52.9 Å². The fraction of sp³-hybridized carbons (Fsp3) is 0.125. The first-order chi connectivity index (χ1) is 9.69. The van der Waals surface area contributed by atoms with Crippen molar-refractivity contribution >= 4 is 22.6 Å². The fourth-order valence-corrected chi connectivity index (χ4v) is 2.29. The first-order valence-electron chi connectivity index (χ1n) is 6.19. The Kier molecular flexibility index (Phi) is 3.38. The van der Waals surface area contributed by atoms with Crippen LogP contribution in [-0.4, -0.2) is 12.2 Å². The van der Waals surface area contributed by atoms with Crippen molar-refractivity contribution in [1.29, 1.82) is 0 Å². The SMILES string of the molecule is COc1cccc2cc([C@H](O)c3ccc(Cl)cc3)oc12. The van der Waals surface area contributed by atoms with Crippen molar-refractivity contribution in [2.24, 2.45) is 0 Å².